The number of aryl methyl sites for hydroxylation is 1. The van der Waals surface area contributed by atoms with Crippen molar-refractivity contribution in [2.24, 2.45) is 0 Å². The minimum atomic E-state index is -0.277. The standard InChI is InChI=1S/C16H13NO2S/c1-11-3-8-15(20-11)9-13(10-17)16(18)12-4-6-14(19-2)7-5-12/h3-9H,1-2H3. The molecule has 1 heterocycles. The molecule has 3 nitrogen and oxygen atoms in total. The Hall–Kier alpha value is -2.38. The fourth-order valence-corrected chi connectivity index (χ4v) is 2.54. The first kappa shape index (κ1) is 14.0. The quantitative estimate of drug-likeness (QED) is 0.486. The van der Waals surface area contributed by atoms with Gasteiger partial charge in [-0.1, -0.05) is 0 Å². The lowest BCUT2D eigenvalue weighted by molar-refractivity contribution is 0.104. The minimum Gasteiger partial charge on any atom is -0.497 e. The molecule has 0 bridgehead atoms. The van der Waals surface area contributed by atoms with Gasteiger partial charge in [-0.25, -0.2) is 0 Å². The van der Waals surface area contributed by atoms with Crippen molar-refractivity contribution < 1.29 is 9.53 Å². The number of nitrogens with zero attached hydrogens (tertiary/aromatic N) is 1. The molecule has 4 heteroatoms. The van der Waals surface area contributed by atoms with Gasteiger partial charge in [0.1, 0.15) is 17.4 Å². The van der Waals surface area contributed by atoms with Crippen molar-refractivity contribution in [1.29, 1.82) is 5.26 Å². The van der Waals surface area contributed by atoms with Crippen LogP contribution in [0, 0.1) is 18.3 Å². The summed E-state index contributed by atoms with van der Waals surface area (Å²) in [5.41, 5.74) is 0.615. The van der Waals surface area contributed by atoms with E-state index in [4.69, 9.17) is 10.00 Å². The van der Waals surface area contributed by atoms with E-state index >= 15 is 0 Å². The summed E-state index contributed by atoms with van der Waals surface area (Å²) < 4.78 is 5.04. The molecule has 0 amide bonds. The van der Waals surface area contributed by atoms with Gasteiger partial charge in [-0.15, -0.1) is 11.3 Å². The van der Waals surface area contributed by atoms with Crippen LogP contribution in [0.15, 0.2) is 42.0 Å². The smallest absolute Gasteiger partial charge is 0.203 e. The lowest BCUT2D eigenvalue weighted by Crippen LogP contribution is -2.01. The van der Waals surface area contributed by atoms with Crippen LogP contribution < -0.4 is 4.74 Å². The van der Waals surface area contributed by atoms with E-state index in [1.165, 1.54) is 0 Å². The number of carbonyl (C=O) groups excluding carboxylic acids is 1. The van der Waals surface area contributed by atoms with Crippen molar-refractivity contribution in [3.05, 3.63) is 57.3 Å². The van der Waals surface area contributed by atoms with E-state index in [1.54, 1.807) is 48.8 Å². The van der Waals surface area contributed by atoms with Crippen molar-refractivity contribution in [3.63, 3.8) is 0 Å². The molecule has 0 radical (unpaired) electrons. The lowest BCUT2D eigenvalue weighted by Gasteiger charge is -2.01. The predicted molar refractivity (Wildman–Crippen MR) is 80.0 cm³/mol. The normalized spacial score (nSPS) is 10.9. The van der Waals surface area contributed by atoms with Crippen LogP contribution in [0.25, 0.3) is 6.08 Å². The van der Waals surface area contributed by atoms with Crippen LogP contribution in [0.3, 0.4) is 0 Å². The molecule has 2 rings (SSSR count). The second kappa shape index (κ2) is 6.18. The summed E-state index contributed by atoms with van der Waals surface area (Å²) in [5, 5.41) is 9.17. The van der Waals surface area contributed by atoms with E-state index in [1.807, 2.05) is 25.1 Å². The molecule has 1 aromatic carbocycles. The molecule has 0 saturated carbocycles. The van der Waals surface area contributed by atoms with E-state index in [0.29, 0.717) is 11.3 Å². The lowest BCUT2D eigenvalue weighted by atomic mass is 10.0. The molecule has 1 aromatic heterocycles. The van der Waals surface area contributed by atoms with Crippen molar-refractivity contribution in [3.8, 4) is 11.8 Å². The zero-order chi connectivity index (χ0) is 14.5. The molecule has 0 aliphatic heterocycles. The Morgan fingerprint density at radius 2 is 1.95 bits per heavy atom. The first-order chi connectivity index (χ1) is 9.63. The van der Waals surface area contributed by atoms with Crippen LogP contribution in [0.1, 0.15) is 20.1 Å². The number of benzene rings is 1. The van der Waals surface area contributed by atoms with Crippen LogP contribution in [0.2, 0.25) is 0 Å². The fraction of sp³-hybridized carbons (Fsp3) is 0.125. The number of nitriles is 1. The summed E-state index contributed by atoms with van der Waals surface area (Å²) in [7, 11) is 1.57. The van der Waals surface area contributed by atoms with Crippen LogP contribution >= 0.6 is 11.3 Å². The summed E-state index contributed by atoms with van der Waals surface area (Å²) in [4.78, 5) is 14.3. The number of Topliss-reactive ketones (excluding diaryl/α,β-unsaturated/α-hetero) is 1. The van der Waals surface area contributed by atoms with E-state index in [0.717, 1.165) is 9.75 Å². The Bertz CT molecular complexity index is 690. The Morgan fingerprint density at radius 3 is 2.45 bits per heavy atom. The monoisotopic (exact) mass is 283 g/mol. The number of thiophene rings is 1. The Kier molecular flexibility index (Phi) is 4.34. The molecule has 0 aliphatic carbocycles. The average Bonchev–Trinajstić information content (AvgIpc) is 2.89. The summed E-state index contributed by atoms with van der Waals surface area (Å²) in [6.07, 6.45) is 1.63. The van der Waals surface area contributed by atoms with Crippen LogP contribution in [-0.2, 0) is 0 Å². The molecule has 2 aromatic rings. The number of ether oxygens (including phenoxy) is 1. The van der Waals surface area contributed by atoms with Gasteiger partial charge < -0.3 is 4.74 Å². The maximum absolute atomic E-state index is 12.3. The second-order valence-electron chi connectivity index (χ2n) is 4.18. The van der Waals surface area contributed by atoms with E-state index in [-0.39, 0.29) is 11.4 Å². The average molecular weight is 283 g/mol. The third-order valence-corrected chi connectivity index (χ3v) is 3.71. The Balaban J connectivity index is 2.29. The third-order valence-electron chi connectivity index (χ3n) is 2.77. The van der Waals surface area contributed by atoms with Crippen molar-refractivity contribution in [2.45, 2.75) is 6.92 Å². The van der Waals surface area contributed by atoms with E-state index in [2.05, 4.69) is 0 Å². The van der Waals surface area contributed by atoms with Gasteiger partial charge in [-0.3, -0.25) is 4.79 Å². The minimum absolute atomic E-state index is 0.136. The van der Waals surface area contributed by atoms with E-state index in [9.17, 15) is 4.79 Å². The molecule has 0 saturated heterocycles. The number of rotatable bonds is 4. The molecule has 0 aliphatic rings. The largest absolute Gasteiger partial charge is 0.497 e. The first-order valence-electron chi connectivity index (χ1n) is 6.01. The molecular formula is C16H13NO2S. The number of ketones is 1. The zero-order valence-electron chi connectivity index (χ0n) is 11.2. The zero-order valence-corrected chi connectivity index (χ0v) is 12.0. The van der Waals surface area contributed by atoms with E-state index < -0.39 is 0 Å². The highest BCUT2D eigenvalue weighted by Crippen LogP contribution is 2.20. The summed E-state index contributed by atoms with van der Waals surface area (Å²) in [6.45, 7) is 1.99. The summed E-state index contributed by atoms with van der Waals surface area (Å²) in [5.74, 6) is 0.402. The molecule has 0 fully saturated rings. The van der Waals surface area contributed by atoms with Crippen molar-refractivity contribution >= 4 is 23.2 Å². The molecule has 0 unspecified atom stereocenters. The molecular weight excluding hydrogens is 270 g/mol. The molecule has 100 valence electrons. The molecule has 0 N–H and O–H groups in total. The highest BCUT2D eigenvalue weighted by molar-refractivity contribution is 7.12. The van der Waals surface area contributed by atoms with Gasteiger partial charge >= 0.3 is 0 Å². The van der Waals surface area contributed by atoms with Gasteiger partial charge in [0, 0.05) is 15.3 Å². The van der Waals surface area contributed by atoms with Gasteiger partial charge in [0.05, 0.1) is 7.11 Å². The number of allylic oxidation sites excluding steroid dienone is 1. The number of methoxy groups -OCH3 is 1. The van der Waals surface area contributed by atoms with Gasteiger partial charge in [0.15, 0.2) is 0 Å². The number of carbonyl (C=O) groups is 1. The van der Waals surface area contributed by atoms with Crippen molar-refractivity contribution in [2.75, 3.05) is 7.11 Å². The van der Waals surface area contributed by atoms with Gasteiger partial charge in [0.2, 0.25) is 5.78 Å². The second-order valence-corrected chi connectivity index (χ2v) is 5.50. The van der Waals surface area contributed by atoms with Crippen LogP contribution in [0.5, 0.6) is 5.75 Å². The maximum Gasteiger partial charge on any atom is 0.203 e. The highest BCUT2D eigenvalue weighted by Gasteiger charge is 2.12. The SMILES string of the molecule is COc1ccc(C(=O)C(C#N)=Cc2ccc(C)s2)cc1. The highest BCUT2D eigenvalue weighted by atomic mass is 32.1. The van der Waals surface area contributed by atoms with Crippen LogP contribution in [-0.4, -0.2) is 12.9 Å². The Morgan fingerprint density at radius 1 is 1.25 bits per heavy atom. The fourth-order valence-electron chi connectivity index (χ4n) is 1.72. The molecule has 0 spiro atoms. The Labute approximate surface area is 121 Å². The summed E-state index contributed by atoms with van der Waals surface area (Å²) in [6, 6.07) is 12.6. The summed E-state index contributed by atoms with van der Waals surface area (Å²) >= 11 is 1.55. The van der Waals surface area contributed by atoms with Crippen LogP contribution in [0.4, 0.5) is 0 Å². The number of hydrogen-bond donors (Lipinski definition) is 0. The number of hydrogen-bond acceptors (Lipinski definition) is 4. The molecule has 20 heavy (non-hydrogen) atoms. The predicted octanol–water partition coefficient (Wildman–Crippen LogP) is 3.86. The first-order valence-corrected chi connectivity index (χ1v) is 6.82. The topological polar surface area (TPSA) is 50.1 Å². The van der Waals surface area contributed by atoms with Crippen molar-refractivity contribution in [1.82, 2.24) is 0 Å². The van der Waals surface area contributed by atoms with Gasteiger partial charge in [0.25, 0.3) is 0 Å². The third kappa shape index (κ3) is 3.14. The maximum atomic E-state index is 12.3. The van der Waals surface area contributed by atoms with Gasteiger partial charge in [-0.2, -0.15) is 5.26 Å². The van der Waals surface area contributed by atoms with Gasteiger partial charge in [-0.05, 0) is 49.4 Å². The molecule has 0 atom stereocenters.